The summed E-state index contributed by atoms with van der Waals surface area (Å²) in [6, 6.07) is 0. The van der Waals surface area contributed by atoms with Crippen molar-refractivity contribution in [3.05, 3.63) is 0 Å². The summed E-state index contributed by atoms with van der Waals surface area (Å²) in [5, 5.41) is 3.22. The molecule has 11 aliphatic rings. The van der Waals surface area contributed by atoms with E-state index in [0.29, 0.717) is 11.5 Å². The highest BCUT2D eigenvalue weighted by Crippen LogP contribution is 2.17. The Kier molecular flexibility index (Phi) is 49.0. The van der Waals surface area contributed by atoms with E-state index in [0.717, 1.165) is 57.6 Å². The second-order valence-corrected chi connectivity index (χ2v) is 20.7. The Morgan fingerprint density at radius 1 is 0.382 bits per heavy atom. The molecular weight excluding hydrogens is 747 g/mol. The van der Waals surface area contributed by atoms with E-state index in [4.69, 9.17) is 14.2 Å². The largest absolute Gasteiger partial charge is 0.381 e. The lowest BCUT2D eigenvalue weighted by atomic mass is 10.0. The molecule has 7 saturated heterocycles. The molecule has 4 saturated carbocycles. The van der Waals surface area contributed by atoms with E-state index >= 15 is 0 Å². The third kappa shape index (κ3) is 50.4. The zero-order valence-electron chi connectivity index (χ0n) is 34.6. The first-order valence-corrected chi connectivity index (χ1v) is 27.1. The lowest BCUT2D eigenvalue weighted by Gasteiger charge is -2.09. The lowest BCUT2D eigenvalue weighted by molar-refractivity contribution is 0.0367. The van der Waals surface area contributed by atoms with Crippen molar-refractivity contribution in [3.63, 3.8) is 0 Å². The molecule has 11 fully saturated rings. The fourth-order valence-corrected chi connectivity index (χ4v) is 6.52. The van der Waals surface area contributed by atoms with Gasteiger partial charge in [-0.25, -0.2) is 8.42 Å². The molecular formula is C45H95NO6S3. The van der Waals surface area contributed by atoms with E-state index in [1.54, 1.807) is 0 Å². The average molecular weight is 842 g/mol. The van der Waals surface area contributed by atoms with Crippen molar-refractivity contribution in [2.45, 2.75) is 201 Å². The first-order valence-electron chi connectivity index (χ1n) is 22.7. The minimum Gasteiger partial charge on any atom is -0.381 e. The highest BCUT2D eigenvalue weighted by molar-refractivity contribution is 8.00. The molecule has 4 aliphatic carbocycles. The van der Waals surface area contributed by atoms with Crippen LogP contribution in [0.1, 0.15) is 201 Å². The maximum absolute atomic E-state index is 10.1. The van der Waals surface area contributed by atoms with E-state index in [1.807, 2.05) is 11.8 Å². The van der Waals surface area contributed by atoms with Crippen LogP contribution in [0.25, 0.3) is 0 Å². The number of sulfone groups is 1. The third-order valence-electron chi connectivity index (χ3n) is 9.77. The van der Waals surface area contributed by atoms with E-state index in [2.05, 4.69) is 5.32 Å². The van der Waals surface area contributed by atoms with Crippen molar-refractivity contribution in [3.8, 4) is 0 Å². The summed E-state index contributed by atoms with van der Waals surface area (Å²) in [6.07, 6.45) is 41.1. The van der Waals surface area contributed by atoms with Gasteiger partial charge in [0.2, 0.25) is 0 Å². The van der Waals surface area contributed by atoms with Crippen LogP contribution in [-0.4, -0.2) is 99.9 Å². The Morgan fingerprint density at radius 3 is 0.691 bits per heavy atom. The smallest absolute Gasteiger partial charge is 0.150 e. The molecule has 11 rings (SSSR count). The number of thioether (sulfide) groups is 1. The van der Waals surface area contributed by atoms with E-state index in [9.17, 15) is 12.6 Å². The molecule has 0 atom stereocenters. The zero-order valence-corrected chi connectivity index (χ0v) is 37.0. The Balaban J connectivity index is 0. The average Bonchev–Trinajstić information content (AvgIpc) is 3.57. The Morgan fingerprint density at radius 2 is 0.618 bits per heavy atom. The van der Waals surface area contributed by atoms with Crippen molar-refractivity contribution in [1.29, 1.82) is 0 Å². The molecule has 55 heavy (non-hydrogen) atoms. The monoisotopic (exact) mass is 842 g/mol. The van der Waals surface area contributed by atoms with Crippen LogP contribution < -0.4 is 5.32 Å². The molecule has 1 N–H and O–H groups in total. The lowest BCUT2D eigenvalue weighted by Crippen LogP contribution is -2.23. The van der Waals surface area contributed by atoms with Crippen molar-refractivity contribution >= 4 is 32.4 Å². The van der Waals surface area contributed by atoms with Gasteiger partial charge >= 0.3 is 0 Å². The van der Waals surface area contributed by atoms with Crippen LogP contribution in [0.15, 0.2) is 0 Å². The molecule has 0 amide bonds. The van der Waals surface area contributed by atoms with Crippen LogP contribution in [0.3, 0.4) is 0 Å². The fourth-order valence-electron chi connectivity index (χ4n) is 4.95. The Hall–Kier alpha value is 0.290. The molecule has 0 bridgehead atoms. The summed E-state index contributed by atoms with van der Waals surface area (Å²) >= 11 is 2.04. The van der Waals surface area contributed by atoms with Crippen molar-refractivity contribution in [2.75, 3.05) is 87.2 Å². The number of nitrogens with one attached hydrogen (secondary N) is 1. The van der Waals surface area contributed by atoms with E-state index in [1.165, 1.54) is 204 Å². The first-order chi connectivity index (χ1) is 26.1. The number of hydrogen-bond donors (Lipinski definition) is 1. The first kappa shape index (κ1) is 57.4. The predicted molar refractivity (Wildman–Crippen MR) is 247 cm³/mol. The fraction of sp³-hybridized carbons (Fsp3) is 1.00. The molecule has 0 radical (unpaired) electrons. The van der Waals surface area contributed by atoms with Gasteiger partial charge in [-0.3, -0.25) is 4.21 Å². The summed E-state index contributed by atoms with van der Waals surface area (Å²) in [7, 11) is -2.87. The predicted octanol–water partition coefficient (Wildman–Crippen LogP) is 12.1. The second-order valence-electron chi connectivity index (χ2n) is 15.5. The molecule has 0 spiro atoms. The highest BCUT2D eigenvalue weighted by Gasteiger charge is 2.19. The summed E-state index contributed by atoms with van der Waals surface area (Å²) in [4.78, 5) is 0. The van der Waals surface area contributed by atoms with Gasteiger partial charge in [-0.1, -0.05) is 130 Å². The molecule has 334 valence electrons. The second kappa shape index (κ2) is 47.0. The van der Waals surface area contributed by atoms with Crippen LogP contribution in [-0.2, 0) is 34.8 Å². The Labute approximate surface area is 351 Å². The van der Waals surface area contributed by atoms with Gasteiger partial charge in [-0.05, 0) is 95.2 Å². The highest BCUT2D eigenvalue weighted by atomic mass is 32.2. The molecule has 10 heteroatoms. The third-order valence-corrected chi connectivity index (χ3v) is 14.2. The number of ether oxygens (including phenoxy) is 3. The van der Waals surface area contributed by atoms with Crippen LogP contribution in [0, 0.1) is 0 Å². The molecule has 0 aromatic heterocycles. The number of hydrogen-bond acceptors (Lipinski definition) is 8. The van der Waals surface area contributed by atoms with Crippen LogP contribution in [0.4, 0.5) is 0 Å². The van der Waals surface area contributed by atoms with Gasteiger partial charge in [0.05, 0.1) is 11.5 Å². The quantitative estimate of drug-likeness (QED) is 0.258. The van der Waals surface area contributed by atoms with Crippen LogP contribution in [0.2, 0.25) is 0 Å². The minimum atomic E-state index is -2.48. The summed E-state index contributed by atoms with van der Waals surface area (Å²) in [6.45, 7) is 8.50. The van der Waals surface area contributed by atoms with Gasteiger partial charge in [0.25, 0.3) is 0 Å². The molecule has 7 heterocycles. The molecule has 0 aromatic rings. The van der Waals surface area contributed by atoms with Gasteiger partial charge in [0, 0.05) is 61.9 Å². The summed E-state index contributed by atoms with van der Waals surface area (Å²) in [5.41, 5.74) is 0. The van der Waals surface area contributed by atoms with Gasteiger partial charge < -0.3 is 19.5 Å². The molecule has 7 aliphatic heterocycles. The summed E-state index contributed by atoms with van der Waals surface area (Å²) in [5.74, 6) is 5.60. The maximum atomic E-state index is 10.1. The van der Waals surface area contributed by atoms with Crippen molar-refractivity contribution in [2.24, 2.45) is 0 Å². The maximum Gasteiger partial charge on any atom is 0.150 e. The van der Waals surface area contributed by atoms with Gasteiger partial charge in [-0.2, -0.15) is 11.8 Å². The number of rotatable bonds is 0. The molecule has 7 nitrogen and oxygen atoms in total. The van der Waals surface area contributed by atoms with E-state index in [-0.39, 0.29) is 14.9 Å². The normalized spacial score (nSPS) is 23.8. The van der Waals surface area contributed by atoms with Crippen LogP contribution in [0.5, 0.6) is 0 Å². The van der Waals surface area contributed by atoms with Gasteiger partial charge in [0.1, 0.15) is 9.84 Å². The zero-order chi connectivity index (χ0) is 38.0. The molecule has 0 aromatic carbocycles. The molecule has 0 unspecified atom stereocenters. The standard InChI is InChI=1S/C6H12.C5H10O.C5H10.C4H9N.C4H8O.C4H8.C3H6O2S.C3H6OS.C3H6O.C3H6S.C3H6.2CH4/c2*1-2-4-6-5-3-1;3*1-2-4-5-3-1;1-2-4-3-1;4-6(5)2-1-3-6;4-5-2-1-3-5;2*1-2-4-3-1;1-2-3-1;;/h1-6H2;1-5H2;1-5H2;5H,1-4H2;1-4H2;1-4H2;1-3H2;1-3H2;2*1-3H2;1-3H2;2*1H4. The van der Waals surface area contributed by atoms with Crippen molar-refractivity contribution < 1.29 is 26.8 Å². The van der Waals surface area contributed by atoms with Gasteiger partial charge in [0.15, 0.2) is 0 Å². The summed E-state index contributed by atoms with van der Waals surface area (Å²) < 4.78 is 44.9. The Bertz CT molecular complexity index is 698. The minimum absolute atomic E-state index is 0. The van der Waals surface area contributed by atoms with Crippen LogP contribution >= 0.6 is 11.8 Å². The topological polar surface area (TPSA) is 90.9 Å². The van der Waals surface area contributed by atoms with Gasteiger partial charge in [-0.15, -0.1) is 0 Å². The SMILES string of the molecule is C.C.C1CC1.C1CCC1.C1CCCC1.C1CCCCC1.C1CCNC1.C1CCOC1.C1CCOCC1.C1COC1.C1CSC1.O=S1(=O)CCC1.O=S1CCC1. The van der Waals surface area contributed by atoms with Crippen molar-refractivity contribution in [1.82, 2.24) is 5.32 Å². The van der Waals surface area contributed by atoms with E-state index < -0.39 is 20.6 Å².